The molecule has 0 saturated heterocycles. The Morgan fingerprint density at radius 2 is 1.84 bits per heavy atom. The fourth-order valence-corrected chi connectivity index (χ4v) is 2.63. The van der Waals surface area contributed by atoms with E-state index < -0.39 is 0 Å². The number of pyridine rings is 2. The summed E-state index contributed by atoms with van der Waals surface area (Å²) in [7, 11) is 2.57. The molecule has 3 aromatic rings. The lowest BCUT2D eigenvalue weighted by Crippen LogP contribution is -2.12. The maximum Gasteiger partial charge on any atom is 0.182 e. The van der Waals surface area contributed by atoms with Gasteiger partial charge in [-0.1, -0.05) is 26.9 Å². The van der Waals surface area contributed by atoms with Crippen molar-refractivity contribution in [3.05, 3.63) is 47.7 Å². The molecule has 0 aliphatic heterocycles. The van der Waals surface area contributed by atoms with Crippen molar-refractivity contribution < 1.29 is 0 Å². The smallest absolute Gasteiger partial charge is 0.182 e. The van der Waals surface area contributed by atoms with Crippen LogP contribution in [-0.2, 0) is 0 Å². The first-order chi connectivity index (χ1) is 12.0. The van der Waals surface area contributed by atoms with Gasteiger partial charge < -0.3 is 10.6 Å². The van der Waals surface area contributed by atoms with E-state index in [0.717, 1.165) is 11.1 Å². The molecular formula is C17H18ClN6P. The van der Waals surface area contributed by atoms with Crippen molar-refractivity contribution in [1.82, 2.24) is 19.9 Å². The molecule has 0 saturated carbocycles. The van der Waals surface area contributed by atoms with Crippen molar-refractivity contribution in [3.8, 4) is 11.5 Å². The van der Waals surface area contributed by atoms with Gasteiger partial charge in [-0.05, 0) is 38.1 Å². The van der Waals surface area contributed by atoms with E-state index in [2.05, 4.69) is 53.7 Å². The van der Waals surface area contributed by atoms with E-state index in [1.54, 1.807) is 12.3 Å². The number of hydrogen-bond acceptors (Lipinski definition) is 6. The van der Waals surface area contributed by atoms with E-state index in [4.69, 9.17) is 11.6 Å². The van der Waals surface area contributed by atoms with Gasteiger partial charge >= 0.3 is 0 Å². The number of aromatic nitrogens is 4. The van der Waals surface area contributed by atoms with Crippen molar-refractivity contribution in [3.63, 3.8) is 0 Å². The number of rotatable bonds is 5. The Morgan fingerprint density at radius 1 is 1.04 bits per heavy atom. The van der Waals surface area contributed by atoms with Crippen LogP contribution in [0.15, 0.2) is 42.6 Å². The minimum absolute atomic E-state index is 0.238. The first-order valence-corrected chi connectivity index (χ1v) is 8.72. The standard InChI is InChI=1S/C17H18ClN6P/c1-10(2)20-14-9-15(21-11-6-7-19-16(25)8-11)24-17(23-14)12-4-3-5-13(18)22-12/h3-10H,25H2,1-2H3,(H2,19,20,21,23,24). The van der Waals surface area contributed by atoms with Gasteiger partial charge in [-0.3, -0.25) is 4.98 Å². The second-order valence-electron chi connectivity index (χ2n) is 5.70. The van der Waals surface area contributed by atoms with Gasteiger partial charge in [-0.2, -0.15) is 0 Å². The Labute approximate surface area is 153 Å². The summed E-state index contributed by atoms with van der Waals surface area (Å²) < 4.78 is 0. The zero-order valence-corrected chi connectivity index (χ0v) is 15.8. The van der Waals surface area contributed by atoms with E-state index in [9.17, 15) is 0 Å². The lowest BCUT2D eigenvalue weighted by molar-refractivity contribution is 0.887. The molecule has 3 aromatic heterocycles. The third-order valence-electron chi connectivity index (χ3n) is 3.16. The molecule has 1 unspecified atom stereocenters. The largest absolute Gasteiger partial charge is 0.368 e. The predicted octanol–water partition coefficient (Wildman–Crippen LogP) is 3.65. The molecule has 6 nitrogen and oxygen atoms in total. The third-order valence-corrected chi connectivity index (χ3v) is 3.69. The normalized spacial score (nSPS) is 10.8. The molecule has 3 rings (SSSR count). The van der Waals surface area contributed by atoms with Crippen LogP contribution >= 0.6 is 20.8 Å². The molecular weight excluding hydrogens is 355 g/mol. The molecule has 0 aliphatic carbocycles. The molecule has 0 radical (unpaired) electrons. The van der Waals surface area contributed by atoms with Crippen molar-refractivity contribution in [2.75, 3.05) is 10.6 Å². The number of anilines is 3. The molecule has 128 valence electrons. The van der Waals surface area contributed by atoms with Gasteiger partial charge in [0.25, 0.3) is 0 Å². The van der Waals surface area contributed by atoms with Crippen LogP contribution in [0.1, 0.15) is 13.8 Å². The Kier molecular flexibility index (Phi) is 5.41. The second kappa shape index (κ2) is 7.72. The van der Waals surface area contributed by atoms with Crippen LogP contribution in [-0.4, -0.2) is 26.0 Å². The maximum atomic E-state index is 6.00. The summed E-state index contributed by atoms with van der Waals surface area (Å²) in [6.07, 6.45) is 1.73. The Bertz CT molecular complexity index is 887. The van der Waals surface area contributed by atoms with Crippen LogP contribution in [0.3, 0.4) is 0 Å². The van der Waals surface area contributed by atoms with Gasteiger partial charge in [0.15, 0.2) is 5.82 Å². The van der Waals surface area contributed by atoms with Gasteiger partial charge in [0.05, 0.1) is 5.44 Å². The Morgan fingerprint density at radius 3 is 2.56 bits per heavy atom. The highest BCUT2D eigenvalue weighted by Crippen LogP contribution is 2.22. The predicted molar refractivity (Wildman–Crippen MR) is 106 cm³/mol. The van der Waals surface area contributed by atoms with Crippen LogP contribution in [0.25, 0.3) is 11.5 Å². The second-order valence-corrected chi connectivity index (χ2v) is 6.68. The van der Waals surface area contributed by atoms with Crippen LogP contribution in [0.2, 0.25) is 5.15 Å². The molecule has 2 N–H and O–H groups in total. The quantitative estimate of drug-likeness (QED) is 0.526. The monoisotopic (exact) mass is 372 g/mol. The molecule has 0 fully saturated rings. The molecule has 0 aromatic carbocycles. The van der Waals surface area contributed by atoms with Gasteiger partial charge in [0.2, 0.25) is 0 Å². The summed E-state index contributed by atoms with van der Waals surface area (Å²) >= 11 is 6.00. The van der Waals surface area contributed by atoms with E-state index in [1.165, 1.54) is 0 Å². The van der Waals surface area contributed by atoms with Gasteiger partial charge in [-0.25, -0.2) is 15.0 Å². The molecule has 0 spiro atoms. The van der Waals surface area contributed by atoms with Crippen molar-refractivity contribution >= 4 is 43.6 Å². The zero-order chi connectivity index (χ0) is 17.8. The van der Waals surface area contributed by atoms with E-state index in [-0.39, 0.29) is 6.04 Å². The topological polar surface area (TPSA) is 75.6 Å². The lowest BCUT2D eigenvalue weighted by atomic mass is 10.3. The summed E-state index contributed by atoms with van der Waals surface area (Å²) in [6.45, 7) is 4.10. The van der Waals surface area contributed by atoms with Gasteiger partial charge in [0, 0.05) is 24.0 Å². The Hall–Kier alpha value is -2.30. The van der Waals surface area contributed by atoms with Crippen LogP contribution < -0.4 is 16.1 Å². The summed E-state index contributed by atoms with van der Waals surface area (Å²) in [5.41, 5.74) is 2.35. The molecule has 8 heteroatoms. The number of nitrogens with one attached hydrogen (secondary N) is 2. The number of halogens is 1. The highest BCUT2D eigenvalue weighted by molar-refractivity contribution is 7.26. The first kappa shape index (κ1) is 17.5. The highest BCUT2D eigenvalue weighted by atomic mass is 35.5. The summed E-state index contributed by atoms with van der Waals surface area (Å²) in [5.74, 6) is 1.87. The third kappa shape index (κ3) is 4.84. The molecule has 0 amide bonds. The summed E-state index contributed by atoms with van der Waals surface area (Å²) in [6, 6.07) is 11.3. The first-order valence-electron chi connectivity index (χ1n) is 7.77. The SMILES string of the molecule is CC(C)Nc1cc(Nc2ccnc(P)c2)nc(-c2cccc(Cl)n2)n1. The lowest BCUT2D eigenvalue weighted by Gasteiger charge is -2.13. The van der Waals surface area contributed by atoms with Crippen LogP contribution in [0, 0.1) is 0 Å². The van der Waals surface area contributed by atoms with E-state index >= 15 is 0 Å². The van der Waals surface area contributed by atoms with Gasteiger partial charge in [0.1, 0.15) is 22.5 Å². The molecule has 25 heavy (non-hydrogen) atoms. The minimum atomic E-state index is 0.238. The fourth-order valence-electron chi connectivity index (χ4n) is 2.20. The van der Waals surface area contributed by atoms with Crippen LogP contribution in [0.5, 0.6) is 0 Å². The fraction of sp³-hybridized carbons (Fsp3) is 0.176. The zero-order valence-electron chi connectivity index (χ0n) is 13.9. The van der Waals surface area contributed by atoms with E-state index in [1.807, 2.05) is 30.3 Å². The van der Waals surface area contributed by atoms with E-state index in [0.29, 0.717) is 28.3 Å². The van der Waals surface area contributed by atoms with Gasteiger partial charge in [-0.15, -0.1) is 0 Å². The van der Waals surface area contributed by atoms with Crippen molar-refractivity contribution in [1.29, 1.82) is 0 Å². The molecule has 0 aliphatic rings. The Balaban J connectivity index is 2.00. The van der Waals surface area contributed by atoms with Crippen molar-refractivity contribution in [2.45, 2.75) is 19.9 Å². The molecule has 1 atom stereocenters. The van der Waals surface area contributed by atoms with Crippen LogP contribution in [0.4, 0.5) is 17.3 Å². The minimum Gasteiger partial charge on any atom is -0.368 e. The summed E-state index contributed by atoms with van der Waals surface area (Å²) in [4.78, 5) is 17.6. The maximum absolute atomic E-state index is 6.00. The average Bonchev–Trinajstić information content (AvgIpc) is 2.54. The summed E-state index contributed by atoms with van der Waals surface area (Å²) in [5, 5.41) is 6.98. The average molecular weight is 373 g/mol. The number of nitrogens with zero attached hydrogens (tertiary/aromatic N) is 4. The highest BCUT2D eigenvalue weighted by Gasteiger charge is 2.10. The van der Waals surface area contributed by atoms with Crippen molar-refractivity contribution in [2.24, 2.45) is 0 Å². The number of hydrogen-bond donors (Lipinski definition) is 2. The molecule has 0 bridgehead atoms. The molecule has 3 heterocycles.